The Balaban J connectivity index is 1.10. The molecule has 0 bridgehead atoms. The lowest BCUT2D eigenvalue weighted by Crippen LogP contribution is -2.65. The van der Waals surface area contributed by atoms with Crippen LogP contribution in [0.3, 0.4) is 0 Å². The first-order chi connectivity index (χ1) is 22.3. The van der Waals surface area contributed by atoms with Gasteiger partial charge < -0.3 is 15.3 Å². The van der Waals surface area contributed by atoms with E-state index in [1.54, 1.807) is 0 Å². The maximum atomic E-state index is 14.9. The molecule has 1 heterocycles. The molecule has 5 fully saturated rings. The molecule has 5 aliphatic carbocycles. The van der Waals surface area contributed by atoms with Crippen molar-refractivity contribution >= 4 is 17.4 Å². The maximum absolute atomic E-state index is 14.9. The summed E-state index contributed by atoms with van der Waals surface area (Å²) in [5.41, 5.74) is 2.83. The van der Waals surface area contributed by atoms with Crippen molar-refractivity contribution in [2.75, 3.05) is 26.2 Å². The molecule has 6 heteroatoms. The normalized spacial score (nSPS) is 40.6. The first kappa shape index (κ1) is 33.3. The van der Waals surface area contributed by atoms with Crippen molar-refractivity contribution in [3.05, 3.63) is 41.2 Å². The number of nitrogens with one attached hydrogen (secondary N) is 1. The Kier molecular flexibility index (Phi) is 8.29. The third kappa shape index (κ3) is 4.99. The van der Waals surface area contributed by atoms with Crippen LogP contribution >= 0.6 is 0 Å². The molecule has 1 amide bonds. The highest BCUT2D eigenvalue weighted by atomic mass is 19.1. The Labute approximate surface area is 282 Å². The van der Waals surface area contributed by atoms with E-state index in [4.69, 9.17) is 0 Å². The average Bonchev–Trinajstić information content (AvgIpc) is 3.70. The Hall–Kier alpha value is -2.21. The number of carboxylic acids is 1. The molecule has 7 rings (SSSR count). The number of allylic oxidation sites excluding steroid dienone is 2. The van der Waals surface area contributed by atoms with Crippen molar-refractivity contribution in [2.24, 2.45) is 50.7 Å². The third-order valence-corrected chi connectivity index (χ3v) is 16.1. The van der Waals surface area contributed by atoms with E-state index in [2.05, 4.69) is 50.9 Å². The number of rotatable bonds is 7. The molecule has 2 N–H and O–H groups in total. The van der Waals surface area contributed by atoms with Crippen molar-refractivity contribution in [1.29, 1.82) is 0 Å². The van der Waals surface area contributed by atoms with E-state index in [1.807, 2.05) is 6.07 Å². The molecule has 1 aromatic rings. The number of nitrogens with zero attached hydrogens (tertiary/aromatic N) is 1. The molecule has 258 valence electrons. The van der Waals surface area contributed by atoms with Crippen LogP contribution in [0.4, 0.5) is 4.39 Å². The van der Waals surface area contributed by atoms with E-state index in [1.165, 1.54) is 75.5 Å². The molecular weight excluding hydrogens is 587 g/mol. The number of halogens is 1. The van der Waals surface area contributed by atoms with Gasteiger partial charge in [-0.3, -0.25) is 4.79 Å². The molecule has 1 aliphatic heterocycles. The van der Waals surface area contributed by atoms with Gasteiger partial charge in [-0.05, 0) is 145 Å². The van der Waals surface area contributed by atoms with Crippen LogP contribution in [0.1, 0.15) is 134 Å². The highest BCUT2D eigenvalue weighted by molar-refractivity contribution is 5.88. The topological polar surface area (TPSA) is 69.6 Å². The number of hydrogen-bond donors (Lipinski definition) is 2. The minimum atomic E-state index is -1.22. The summed E-state index contributed by atoms with van der Waals surface area (Å²) >= 11 is 0. The lowest BCUT2D eigenvalue weighted by Gasteiger charge is -2.72. The summed E-state index contributed by atoms with van der Waals surface area (Å²) < 4.78 is 14.9. The fraction of sp³-hybridized carbons (Fsp3) is 0.756. The summed E-state index contributed by atoms with van der Waals surface area (Å²) in [6, 6.07) is 4.71. The Morgan fingerprint density at radius 1 is 0.894 bits per heavy atom. The second-order valence-electron chi connectivity index (χ2n) is 18.1. The van der Waals surface area contributed by atoms with Gasteiger partial charge in [0.2, 0.25) is 5.91 Å². The number of carbonyl (C=O) groups excluding carboxylic acids is 1. The van der Waals surface area contributed by atoms with Crippen LogP contribution in [0.15, 0.2) is 24.3 Å². The molecule has 8 atom stereocenters. The number of hydrogen-bond acceptors (Lipinski definition) is 3. The predicted molar refractivity (Wildman–Crippen MR) is 185 cm³/mol. The van der Waals surface area contributed by atoms with Crippen LogP contribution in [0, 0.1) is 56.6 Å². The molecule has 3 unspecified atom stereocenters. The van der Waals surface area contributed by atoms with Crippen molar-refractivity contribution in [2.45, 2.75) is 118 Å². The van der Waals surface area contributed by atoms with Gasteiger partial charge in [0.15, 0.2) is 0 Å². The minimum Gasteiger partial charge on any atom is -0.478 e. The first-order valence-corrected chi connectivity index (χ1v) is 19.0. The van der Waals surface area contributed by atoms with E-state index >= 15 is 0 Å². The van der Waals surface area contributed by atoms with Crippen molar-refractivity contribution in [3.63, 3.8) is 0 Å². The summed E-state index contributed by atoms with van der Waals surface area (Å²) in [6.07, 6.45) is 18.1. The highest BCUT2D eigenvalue weighted by Gasteiger charge is 2.69. The van der Waals surface area contributed by atoms with Crippen LogP contribution in [-0.4, -0.2) is 48.1 Å². The zero-order chi connectivity index (χ0) is 33.4. The molecule has 0 radical (unpaired) electrons. The zero-order valence-corrected chi connectivity index (χ0v) is 29.7. The molecular formula is C41H59FN2O3. The summed E-state index contributed by atoms with van der Waals surface area (Å²) in [7, 11) is 0. The van der Waals surface area contributed by atoms with Gasteiger partial charge >= 0.3 is 5.97 Å². The number of aromatic carboxylic acids is 1. The molecule has 1 aromatic carbocycles. The van der Waals surface area contributed by atoms with Crippen LogP contribution in [0.5, 0.6) is 0 Å². The smallest absolute Gasteiger partial charge is 0.338 e. The average molecular weight is 647 g/mol. The molecule has 0 spiro atoms. The van der Waals surface area contributed by atoms with Crippen LogP contribution in [0.25, 0.3) is 5.57 Å². The molecule has 47 heavy (non-hydrogen) atoms. The zero-order valence-electron chi connectivity index (χ0n) is 29.7. The number of fused-ring (bicyclic) bond motifs is 7. The quantitative estimate of drug-likeness (QED) is 0.290. The fourth-order valence-electron chi connectivity index (χ4n) is 13.6. The molecule has 0 aromatic heterocycles. The standard InChI is InChI=1S/C41H59FN2O3/c1-37(2)29(27-10-11-28(36(46)47)32(42)25-27)14-18-38(3)33(37)15-19-40(5)34(38)13-12-30-31-9-8-17-41(31,21-20-39(30,40)4)26-43-22-16-35(45)44-23-6-7-24-44/h10-11,14,25,30-31,33-34,43H,6-9,12-13,15-24,26H2,1-5H3,(H,46,47)/t30-,31?,33?,34?,38+,39-,40-,41-/m1/s1. The number of benzene rings is 1. The first-order valence-electron chi connectivity index (χ1n) is 19.0. The maximum Gasteiger partial charge on any atom is 0.338 e. The van der Waals surface area contributed by atoms with Crippen molar-refractivity contribution < 1.29 is 19.1 Å². The Bertz CT molecular complexity index is 1450. The van der Waals surface area contributed by atoms with Gasteiger partial charge in [-0.25, -0.2) is 9.18 Å². The molecule has 1 saturated heterocycles. The second kappa shape index (κ2) is 11.7. The van der Waals surface area contributed by atoms with E-state index in [0.29, 0.717) is 40.4 Å². The Morgan fingerprint density at radius 2 is 1.66 bits per heavy atom. The van der Waals surface area contributed by atoms with Gasteiger partial charge in [0, 0.05) is 32.6 Å². The highest BCUT2D eigenvalue weighted by Crippen LogP contribution is 2.77. The summed E-state index contributed by atoms with van der Waals surface area (Å²) in [5, 5.41) is 13.2. The number of carboxylic acid groups (broad SMARTS) is 1. The van der Waals surface area contributed by atoms with Gasteiger partial charge in [-0.15, -0.1) is 0 Å². The summed E-state index contributed by atoms with van der Waals surface area (Å²) in [4.78, 5) is 26.2. The van der Waals surface area contributed by atoms with E-state index < -0.39 is 11.8 Å². The van der Waals surface area contributed by atoms with Gasteiger partial charge in [0.25, 0.3) is 0 Å². The van der Waals surface area contributed by atoms with Crippen molar-refractivity contribution in [3.8, 4) is 0 Å². The molecule has 4 saturated carbocycles. The van der Waals surface area contributed by atoms with Gasteiger partial charge in [-0.2, -0.15) is 0 Å². The van der Waals surface area contributed by atoms with Gasteiger partial charge in [0.1, 0.15) is 5.82 Å². The van der Waals surface area contributed by atoms with Gasteiger partial charge in [-0.1, -0.05) is 53.2 Å². The summed E-state index contributed by atoms with van der Waals surface area (Å²) in [6.45, 7) is 16.5. The monoisotopic (exact) mass is 646 g/mol. The third-order valence-electron chi connectivity index (χ3n) is 16.1. The fourth-order valence-corrected chi connectivity index (χ4v) is 13.6. The second-order valence-corrected chi connectivity index (χ2v) is 18.1. The van der Waals surface area contributed by atoms with Crippen LogP contribution in [0.2, 0.25) is 0 Å². The predicted octanol–water partition coefficient (Wildman–Crippen LogP) is 8.97. The SMILES string of the molecule is CC1(C)C(c2ccc(C(=O)O)c(F)c2)=CC[C@@]2(C)C1CC[C@]1(C)C2CC[C@@H]2C3CCC[C@]3(CNCCC(=O)N3CCCC3)CC[C@]21C. The van der Waals surface area contributed by atoms with Crippen molar-refractivity contribution in [1.82, 2.24) is 10.2 Å². The number of amides is 1. The molecule has 5 nitrogen and oxygen atoms in total. The van der Waals surface area contributed by atoms with Crippen LogP contribution < -0.4 is 5.32 Å². The number of carbonyl (C=O) groups is 2. The van der Waals surface area contributed by atoms with Gasteiger partial charge in [0.05, 0.1) is 5.56 Å². The minimum absolute atomic E-state index is 0.127. The summed E-state index contributed by atoms with van der Waals surface area (Å²) in [5.74, 6) is 1.17. The molecule has 6 aliphatic rings. The largest absolute Gasteiger partial charge is 0.478 e. The van der Waals surface area contributed by atoms with Crippen LogP contribution in [-0.2, 0) is 4.79 Å². The lowest BCUT2D eigenvalue weighted by atomic mass is 9.32. The number of likely N-dealkylation sites (tertiary alicyclic amines) is 1. The lowest BCUT2D eigenvalue weighted by molar-refractivity contribution is -0.222. The van der Waals surface area contributed by atoms with E-state index in [0.717, 1.165) is 62.8 Å². The Morgan fingerprint density at radius 3 is 2.38 bits per heavy atom. The van der Waals surface area contributed by atoms with E-state index in [-0.39, 0.29) is 16.4 Å². The van der Waals surface area contributed by atoms with E-state index in [9.17, 15) is 19.1 Å².